The van der Waals surface area contributed by atoms with E-state index in [0.717, 1.165) is 61.1 Å². The van der Waals surface area contributed by atoms with Crippen LogP contribution in [0.1, 0.15) is 87.3 Å². The Balaban J connectivity index is 0.869. The number of aromatic nitrogens is 2. The van der Waals surface area contributed by atoms with Gasteiger partial charge in [-0.1, -0.05) is 44.2 Å². The lowest BCUT2D eigenvalue weighted by molar-refractivity contribution is -0.136. The van der Waals surface area contributed by atoms with E-state index in [0.29, 0.717) is 46.7 Å². The maximum absolute atomic E-state index is 16.7. The van der Waals surface area contributed by atoms with Crippen molar-refractivity contribution in [2.24, 2.45) is 22.2 Å². The summed E-state index contributed by atoms with van der Waals surface area (Å²) in [6, 6.07) is 15.6. The molecule has 4 heterocycles. The number of alkyl halides is 2. The van der Waals surface area contributed by atoms with Crippen LogP contribution in [0.15, 0.2) is 65.8 Å². The van der Waals surface area contributed by atoms with Crippen molar-refractivity contribution >= 4 is 35.4 Å². The van der Waals surface area contributed by atoms with Gasteiger partial charge in [-0.05, 0) is 108 Å². The number of nitrogens with one attached hydrogen (secondary N) is 3. The molecule has 14 nitrogen and oxygen atoms in total. The fourth-order valence-electron chi connectivity index (χ4n) is 11.2. The fraction of sp³-hybridized carbons (Fsp3) is 0.449. The number of benzene rings is 3. The second kappa shape index (κ2) is 15.8. The van der Waals surface area contributed by atoms with Gasteiger partial charge in [-0.2, -0.15) is 14.0 Å². The maximum Gasteiger partial charge on any atom is 0.407 e. The zero-order chi connectivity index (χ0) is 45.5. The molecule has 10 rings (SSSR count). The highest BCUT2D eigenvalue weighted by Crippen LogP contribution is 2.59. The first kappa shape index (κ1) is 42.3. The maximum atomic E-state index is 16.7. The third-order valence-electron chi connectivity index (χ3n) is 14.7. The van der Waals surface area contributed by atoms with Crippen molar-refractivity contribution < 1.29 is 37.4 Å². The van der Waals surface area contributed by atoms with Crippen LogP contribution < -0.4 is 10.6 Å². The number of H-pyrrole nitrogens is 1. The zero-order valence-corrected chi connectivity index (χ0v) is 36.6. The SMILES string of the molecule is COC(=O)N[C@@H](CC#N)C(=O)N1[C@@H]2CC[C@@H](C2)[C@H]1C1=Nc2ccc(-c3ccc4c(c3)C(F)(F)c3cc(-c5cnc([C@@H]6CC7(CC7)CN6C(=O)[C@@H](NC(=O)OC)C(C)C)[nH]5)ccc3-4)cc2C1. The van der Waals surface area contributed by atoms with Crippen LogP contribution in [0.3, 0.4) is 0 Å². The largest absolute Gasteiger partial charge is 0.453 e. The molecule has 4 amide bonds. The molecule has 3 aliphatic heterocycles. The quantitative estimate of drug-likeness (QED) is 0.143. The molecule has 2 saturated heterocycles. The van der Waals surface area contributed by atoms with Crippen LogP contribution in [0.5, 0.6) is 0 Å². The summed E-state index contributed by atoms with van der Waals surface area (Å²) >= 11 is 0. The molecule has 3 aromatic carbocycles. The molecule has 6 atom stereocenters. The Labute approximate surface area is 374 Å². The Hall–Kier alpha value is -6.63. The highest BCUT2D eigenvalue weighted by Gasteiger charge is 2.56. The number of aromatic amines is 1. The van der Waals surface area contributed by atoms with Gasteiger partial charge in [-0.25, -0.2) is 14.6 Å². The van der Waals surface area contributed by atoms with E-state index in [9.17, 15) is 24.4 Å². The summed E-state index contributed by atoms with van der Waals surface area (Å²) in [5.41, 5.74) is 5.80. The lowest BCUT2D eigenvalue weighted by Gasteiger charge is -2.37. The van der Waals surface area contributed by atoms with Gasteiger partial charge in [-0.15, -0.1) is 0 Å². The Bertz CT molecular complexity index is 2720. The summed E-state index contributed by atoms with van der Waals surface area (Å²) in [5.74, 6) is -3.23. The van der Waals surface area contributed by atoms with Gasteiger partial charge >= 0.3 is 12.2 Å². The molecule has 16 heteroatoms. The summed E-state index contributed by atoms with van der Waals surface area (Å²) in [5, 5.41) is 14.7. The van der Waals surface area contributed by atoms with E-state index in [1.165, 1.54) is 20.3 Å². The van der Waals surface area contributed by atoms with Crippen LogP contribution in [0, 0.1) is 28.6 Å². The van der Waals surface area contributed by atoms with Gasteiger partial charge < -0.3 is 34.9 Å². The smallest absolute Gasteiger partial charge is 0.407 e. The summed E-state index contributed by atoms with van der Waals surface area (Å²) in [6.45, 7) is 4.29. The molecule has 65 heavy (non-hydrogen) atoms. The zero-order valence-electron chi connectivity index (χ0n) is 36.6. The minimum atomic E-state index is -3.29. The number of hydrogen-bond donors (Lipinski definition) is 3. The van der Waals surface area contributed by atoms with E-state index in [4.69, 9.17) is 19.5 Å². The van der Waals surface area contributed by atoms with Crippen molar-refractivity contribution in [3.05, 3.63) is 83.3 Å². The minimum Gasteiger partial charge on any atom is -0.453 e. The minimum absolute atomic E-state index is 0.00615. The van der Waals surface area contributed by atoms with Gasteiger partial charge in [0.2, 0.25) is 11.8 Å². The van der Waals surface area contributed by atoms with Crippen molar-refractivity contribution in [3.8, 4) is 39.6 Å². The van der Waals surface area contributed by atoms with Crippen LogP contribution in [-0.4, -0.2) is 94.4 Å². The standard InChI is InChI=1S/C49H50F2N8O6/c1-25(2)41(57-47(63)65-4)45(61)58-24-48(14-15-48)22-40(58)43-53-23-39(55-43)28-7-11-33-32-10-6-27(19-34(32)49(50,51)35(33)20-28)26-8-12-36-30(17-26)21-38(54-36)42-29-5-9-31(18-29)59(42)44(60)37(13-16-52)56-46(62)64-3/h6-8,10-12,17,19-20,23,25,29,31,37,40-42H,5,9,13-15,18,21-22,24H2,1-4H3,(H,53,55)(H,56,62)(H,57,63)/t29-,31+,37-,40-,41-,42-/m0/s1. The first-order valence-electron chi connectivity index (χ1n) is 22.3. The monoisotopic (exact) mass is 884 g/mol. The van der Waals surface area contributed by atoms with Crippen LogP contribution >= 0.6 is 0 Å². The van der Waals surface area contributed by atoms with Crippen molar-refractivity contribution in [2.45, 2.75) is 101 Å². The van der Waals surface area contributed by atoms with Gasteiger partial charge in [0.05, 0.1) is 56.4 Å². The first-order chi connectivity index (χ1) is 31.2. The fourth-order valence-corrected chi connectivity index (χ4v) is 11.2. The molecular formula is C49H50F2N8O6. The molecule has 3 aliphatic carbocycles. The molecule has 3 N–H and O–H groups in total. The number of aliphatic imine (C=N–C) groups is 1. The Morgan fingerprint density at radius 1 is 0.923 bits per heavy atom. The number of ether oxygens (including phenoxy) is 2. The highest BCUT2D eigenvalue weighted by molar-refractivity contribution is 6.02. The normalized spacial score (nSPS) is 23.3. The molecule has 6 aliphatic rings. The number of halogens is 2. The van der Waals surface area contributed by atoms with Crippen LogP contribution in [0.25, 0.3) is 33.5 Å². The topological polar surface area (TPSA) is 182 Å². The second-order valence-corrected chi connectivity index (χ2v) is 18.9. The third kappa shape index (κ3) is 7.19. The van der Waals surface area contributed by atoms with Gasteiger partial charge in [0.1, 0.15) is 17.9 Å². The van der Waals surface area contributed by atoms with Crippen LogP contribution in [-0.2, 0) is 31.4 Å². The van der Waals surface area contributed by atoms with Gasteiger partial charge in [-0.3, -0.25) is 14.6 Å². The number of carbonyl (C=O) groups excluding carboxylic acids is 4. The summed E-state index contributed by atoms with van der Waals surface area (Å²) in [7, 11) is 2.47. The summed E-state index contributed by atoms with van der Waals surface area (Å²) in [4.78, 5) is 68.8. The van der Waals surface area contributed by atoms with Crippen LogP contribution in [0.2, 0.25) is 0 Å². The van der Waals surface area contributed by atoms with Gasteiger partial charge in [0.15, 0.2) is 0 Å². The summed E-state index contributed by atoms with van der Waals surface area (Å²) < 4.78 is 42.9. The first-order valence-corrected chi connectivity index (χ1v) is 22.3. The lowest BCUT2D eigenvalue weighted by atomic mass is 9.91. The molecule has 4 fully saturated rings. The number of carbonyl (C=O) groups is 4. The number of nitriles is 1. The van der Waals surface area contributed by atoms with E-state index in [-0.39, 0.29) is 64.7 Å². The Kier molecular flexibility index (Phi) is 10.3. The van der Waals surface area contributed by atoms with Gasteiger partial charge in [0, 0.05) is 41.4 Å². The average Bonchev–Trinajstić information content (AvgIpc) is 3.96. The van der Waals surface area contributed by atoms with E-state index in [1.807, 2.05) is 55.1 Å². The van der Waals surface area contributed by atoms with Crippen molar-refractivity contribution in [2.75, 3.05) is 20.8 Å². The molecule has 0 unspecified atom stereocenters. The molecule has 0 radical (unpaired) electrons. The second-order valence-electron chi connectivity index (χ2n) is 18.9. The summed E-state index contributed by atoms with van der Waals surface area (Å²) in [6.07, 6.45) is 5.80. The number of imidazole rings is 1. The number of amides is 4. The molecule has 1 spiro atoms. The molecule has 336 valence electrons. The number of piperidine rings is 1. The highest BCUT2D eigenvalue weighted by atomic mass is 19.3. The number of fused-ring (bicyclic) bond motifs is 6. The number of likely N-dealkylation sites (tertiary alicyclic amines) is 2. The number of alkyl carbamates (subject to hydrolysis) is 2. The van der Waals surface area contributed by atoms with Gasteiger partial charge in [0.25, 0.3) is 5.92 Å². The Morgan fingerprint density at radius 3 is 2.29 bits per heavy atom. The van der Waals surface area contributed by atoms with Crippen molar-refractivity contribution in [3.63, 3.8) is 0 Å². The van der Waals surface area contributed by atoms with E-state index >= 15 is 8.78 Å². The number of methoxy groups -OCH3 is 2. The molecular weight excluding hydrogens is 835 g/mol. The van der Waals surface area contributed by atoms with Crippen molar-refractivity contribution in [1.82, 2.24) is 30.4 Å². The van der Waals surface area contributed by atoms with E-state index in [2.05, 4.69) is 15.6 Å². The molecule has 2 bridgehead atoms. The average molecular weight is 885 g/mol. The van der Waals surface area contributed by atoms with E-state index < -0.39 is 30.2 Å². The number of rotatable bonds is 10. The van der Waals surface area contributed by atoms with Crippen molar-refractivity contribution in [1.29, 1.82) is 5.26 Å². The predicted octanol–water partition coefficient (Wildman–Crippen LogP) is 7.94. The van der Waals surface area contributed by atoms with Crippen LogP contribution in [0.4, 0.5) is 24.1 Å². The molecule has 4 aromatic rings. The third-order valence-corrected chi connectivity index (χ3v) is 14.7. The number of hydrogen-bond acceptors (Lipinski definition) is 9. The Morgan fingerprint density at radius 2 is 1.60 bits per heavy atom. The number of nitrogens with zero attached hydrogens (tertiary/aromatic N) is 5. The predicted molar refractivity (Wildman–Crippen MR) is 235 cm³/mol. The lowest BCUT2D eigenvalue weighted by Crippen LogP contribution is -2.56. The molecule has 2 saturated carbocycles. The molecule has 1 aromatic heterocycles. The van der Waals surface area contributed by atoms with E-state index in [1.54, 1.807) is 29.3 Å².